The Balaban J connectivity index is 1.85. The number of methoxy groups -OCH3 is 2. The number of carbonyl (C=O) groups is 1. The van der Waals surface area contributed by atoms with Gasteiger partial charge in [0, 0.05) is 18.7 Å². The van der Waals surface area contributed by atoms with Crippen molar-refractivity contribution in [1.29, 1.82) is 0 Å². The van der Waals surface area contributed by atoms with Crippen molar-refractivity contribution < 1.29 is 19.4 Å². The van der Waals surface area contributed by atoms with Crippen LogP contribution in [0.25, 0.3) is 23.3 Å². The van der Waals surface area contributed by atoms with E-state index < -0.39 is 11.9 Å². The van der Waals surface area contributed by atoms with Crippen molar-refractivity contribution in [2.24, 2.45) is 5.92 Å². The zero-order valence-electron chi connectivity index (χ0n) is 19.6. The first-order valence-corrected chi connectivity index (χ1v) is 11.0. The summed E-state index contributed by atoms with van der Waals surface area (Å²) in [4.78, 5) is 11.0. The minimum atomic E-state index is -0.825. The average Bonchev–Trinajstić information content (AvgIpc) is 2.83. The molecule has 172 valence electrons. The third-order valence-corrected chi connectivity index (χ3v) is 5.72. The van der Waals surface area contributed by atoms with Crippen molar-refractivity contribution in [3.63, 3.8) is 0 Å². The molecule has 5 nitrogen and oxygen atoms in total. The van der Waals surface area contributed by atoms with E-state index in [2.05, 4.69) is 60.8 Å². The predicted octanol–water partition coefficient (Wildman–Crippen LogP) is 5.66. The van der Waals surface area contributed by atoms with Gasteiger partial charge >= 0.3 is 5.97 Å². The molecule has 0 radical (unpaired) electrons. The summed E-state index contributed by atoms with van der Waals surface area (Å²) in [6.45, 7) is 4.62. The number of aliphatic carboxylic acids is 1. The summed E-state index contributed by atoms with van der Waals surface area (Å²) in [7, 11) is 3.25. The van der Waals surface area contributed by atoms with Crippen molar-refractivity contribution in [3.8, 4) is 22.6 Å². The first-order valence-electron chi connectivity index (χ1n) is 11.0. The maximum absolute atomic E-state index is 11.0. The largest absolute Gasteiger partial charge is 0.496 e. The molecule has 1 atom stereocenters. The number of rotatable bonds is 10. The summed E-state index contributed by atoms with van der Waals surface area (Å²) in [5.74, 6) is 0.0890. The summed E-state index contributed by atoms with van der Waals surface area (Å²) in [6.07, 6.45) is 4.15. The number of carboxylic acids is 1. The molecule has 0 aromatic heterocycles. The minimum Gasteiger partial charge on any atom is -0.496 e. The van der Waals surface area contributed by atoms with E-state index in [9.17, 15) is 4.79 Å². The smallest absolute Gasteiger partial charge is 0.307 e. The molecule has 0 bridgehead atoms. The SMILES string of the molecule is COc1cc(/C=C/c2cccc(-c3ccccc3)c2C)cc(OC)c1CNC[C@@H](C)C(=O)O. The van der Waals surface area contributed by atoms with Crippen molar-refractivity contribution in [2.75, 3.05) is 20.8 Å². The molecule has 0 amide bonds. The summed E-state index contributed by atoms with van der Waals surface area (Å²) in [6, 6.07) is 20.6. The second kappa shape index (κ2) is 11.3. The van der Waals surface area contributed by atoms with Gasteiger partial charge in [-0.25, -0.2) is 0 Å². The molecular weight excluding hydrogens is 414 g/mol. The lowest BCUT2D eigenvalue weighted by Crippen LogP contribution is -2.26. The second-order valence-corrected chi connectivity index (χ2v) is 7.99. The number of hydrogen-bond donors (Lipinski definition) is 2. The van der Waals surface area contributed by atoms with Gasteiger partial charge in [-0.1, -0.05) is 67.6 Å². The van der Waals surface area contributed by atoms with Gasteiger partial charge in [-0.15, -0.1) is 0 Å². The van der Waals surface area contributed by atoms with E-state index in [1.54, 1.807) is 21.1 Å². The van der Waals surface area contributed by atoms with Crippen LogP contribution in [0.5, 0.6) is 11.5 Å². The maximum Gasteiger partial charge on any atom is 0.307 e. The van der Waals surface area contributed by atoms with E-state index in [0.29, 0.717) is 24.6 Å². The fourth-order valence-corrected chi connectivity index (χ4v) is 3.73. The topological polar surface area (TPSA) is 67.8 Å². The summed E-state index contributed by atoms with van der Waals surface area (Å²) >= 11 is 0. The molecule has 2 N–H and O–H groups in total. The second-order valence-electron chi connectivity index (χ2n) is 7.99. The van der Waals surface area contributed by atoms with Crippen LogP contribution in [0.3, 0.4) is 0 Å². The van der Waals surface area contributed by atoms with Crippen LogP contribution in [0.1, 0.15) is 29.2 Å². The number of benzene rings is 3. The highest BCUT2D eigenvalue weighted by Crippen LogP contribution is 2.32. The van der Waals surface area contributed by atoms with E-state index in [1.807, 2.05) is 24.3 Å². The Kier molecular flexibility index (Phi) is 8.28. The molecular formula is C28H31NO4. The van der Waals surface area contributed by atoms with Crippen molar-refractivity contribution >= 4 is 18.1 Å². The Labute approximate surface area is 195 Å². The maximum atomic E-state index is 11.0. The Morgan fingerprint density at radius 2 is 1.67 bits per heavy atom. The van der Waals surface area contributed by atoms with Gasteiger partial charge in [-0.3, -0.25) is 4.79 Å². The quantitative estimate of drug-likeness (QED) is 0.394. The van der Waals surface area contributed by atoms with Crippen molar-refractivity contribution in [2.45, 2.75) is 20.4 Å². The third kappa shape index (κ3) is 6.02. The lowest BCUT2D eigenvalue weighted by molar-refractivity contribution is -0.140. The van der Waals surface area contributed by atoms with Crippen LogP contribution < -0.4 is 14.8 Å². The highest BCUT2D eigenvalue weighted by atomic mass is 16.5. The van der Waals surface area contributed by atoms with Gasteiger partial charge in [0.25, 0.3) is 0 Å². The molecule has 0 unspecified atom stereocenters. The average molecular weight is 446 g/mol. The normalized spacial score (nSPS) is 12.0. The highest BCUT2D eigenvalue weighted by molar-refractivity contribution is 5.78. The van der Waals surface area contributed by atoms with Crippen LogP contribution in [0.2, 0.25) is 0 Å². The number of nitrogens with one attached hydrogen (secondary N) is 1. The van der Waals surface area contributed by atoms with E-state index >= 15 is 0 Å². The fourth-order valence-electron chi connectivity index (χ4n) is 3.73. The molecule has 0 aliphatic carbocycles. The summed E-state index contributed by atoms with van der Waals surface area (Å²) in [5, 5.41) is 12.3. The molecule has 0 saturated heterocycles. The van der Waals surface area contributed by atoms with E-state index in [1.165, 1.54) is 16.7 Å². The Morgan fingerprint density at radius 3 is 2.27 bits per heavy atom. The van der Waals surface area contributed by atoms with Crippen LogP contribution in [0.15, 0.2) is 60.7 Å². The first kappa shape index (κ1) is 24.1. The fraction of sp³-hybridized carbons (Fsp3) is 0.250. The van der Waals surface area contributed by atoms with Crippen LogP contribution in [0.4, 0.5) is 0 Å². The van der Waals surface area contributed by atoms with Crippen molar-refractivity contribution in [1.82, 2.24) is 5.32 Å². The van der Waals surface area contributed by atoms with Gasteiger partial charge in [-0.2, -0.15) is 0 Å². The molecule has 33 heavy (non-hydrogen) atoms. The molecule has 0 aliphatic rings. The molecule has 0 fully saturated rings. The molecule has 0 aliphatic heterocycles. The van der Waals surface area contributed by atoms with Crippen LogP contribution in [-0.2, 0) is 11.3 Å². The zero-order chi connectivity index (χ0) is 23.8. The molecule has 3 aromatic carbocycles. The zero-order valence-corrected chi connectivity index (χ0v) is 19.6. The molecule has 0 spiro atoms. The van der Waals surface area contributed by atoms with E-state index in [-0.39, 0.29) is 0 Å². The minimum absolute atomic E-state index is 0.361. The monoisotopic (exact) mass is 445 g/mol. The predicted molar refractivity (Wildman–Crippen MR) is 134 cm³/mol. The molecule has 3 rings (SSSR count). The van der Waals surface area contributed by atoms with Crippen LogP contribution in [0, 0.1) is 12.8 Å². The van der Waals surface area contributed by atoms with E-state index in [4.69, 9.17) is 14.6 Å². The third-order valence-electron chi connectivity index (χ3n) is 5.72. The number of carboxylic acid groups (broad SMARTS) is 1. The summed E-state index contributed by atoms with van der Waals surface area (Å²) < 4.78 is 11.2. The standard InChI is InChI=1S/C28H31NO4/c1-19(28(30)31)17-29-18-25-26(32-3)15-21(16-27(25)33-4)13-14-22-11-8-12-24(20(22)2)23-9-6-5-7-10-23/h5-16,19,29H,17-18H2,1-4H3,(H,30,31)/b14-13+/t19-/m1/s1. The van der Waals surface area contributed by atoms with Gasteiger partial charge in [0.1, 0.15) is 11.5 Å². The Bertz CT molecular complexity index is 1100. The molecule has 5 heteroatoms. The van der Waals surface area contributed by atoms with Crippen LogP contribution >= 0.6 is 0 Å². The molecule has 0 saturated carbocycles. The molecule has 3 aromatic rings. The van der Waals surface area contributed by atoms with Gasteiger partial charge in [-0.05, 0) is 46.9 Å². The van der Waals surface area contributed by atoms with Crippen molar-refractivity contribution in [3.05, 3.63) is 82.9 Å². The number of ether oxygens (including phenoxy) is 2. The summed E-state index contributed by atoms with van der Waals surface area (Å²) in [5.41, 5.74) is 6.58. The lowest BCUT2D eigenvalue weighted by Gasteiger charge is -2.16. The van der Waals surface area contributed by atoms with Gasteiger partial charge < -0.3 is 19.9 Å². The number of hydrogen-bond acceptors (Lipinski definition) is 4. The highest BCUT2D eigenvalue weighted by Gasteiger charge is 2.14. The van der Waals surface area contributed by atoms with Gasteiger partial charge in [0.05, 0.1) is 20.1 Å². The lowest BCUT2D eigenvalue weighted by atomic mass is 9.96. The van der Waals surface area contributed by atoms with Crippen LogP contribution in [-0.4, -0.2) is 31.8 Å². The Hall–Kier alpha value is -3.57. The Morgan fingerprint density at radius 1 is 1.00 bits per heavy atom. The molecule has 0 heterocycles. The first-order chi connectivity index (χ1) is 15.9. The van der Waals surface area contributed by atoms with E-state index in [0.717, 1.165) is 16.7 Å². The van der Waals surface area contributed by atoms with Gasteiger partial charge in [0.2, 0.25) is 0 Å². The van der Waals surface area contributed by atoms with Gasteiger partial charge in [0.15, 0.2) is 0 Å².